The van der Waals surface area contributed by atoms with E-state index in [1.807, 2.05) is 6.92 Å². The second-order valence-electron chi connectivity index (χ2n) is 4.71. The van der Waals surface area contributed by atoms with Crippen LogP contribution in [0.3, 0.4) is 0 Å². The van der Waals surface area contributed by atoms with Crippen molar-refractivity contribution in [2.75, 3.05) is 5.32 Å². The number of aromatic nitrogens is 4. The highest BCUT2D eigenvalue weighted by molar-refractivity contribution is 6.30. The maximum atomic E-state index is 6.09. The largest absolute Gasteiger partial charge is 0.365 e. The Hall–Kier alpha value is -1.36. The molecule has 0 aliphatic carbocycles. The van der Waals surface area contributed by atoms with Gasteiger partial charge in [-0.15, -0.1) is 0 Å². The smallest absolute Gasteiger partial charge is 0.255 e. The number of nitrogens with one attached hydrogen (secondary N) is 1. The molecule has 0 saturated heterocycles. The lowest BCUT2D eigenvalue weighted by atomic mass is 10.0. The van der Waals surface area contributed by atoms with Crippen LogP contribution < -0.4 is 5.32 Å². The average Bonchev–Trinajstić information content (AvgIpc) is 2.72. The summed E-state index contributed by atoms with van der Waals surface area (Å²) >= 11 is 6.09. The lowest BCUT2D eigenvalue weighted by Crippen LogP contribution is -2.31. The summed E-state index contributed by atoms with van der Waals surface area (Å²) in [6.07, 6.45) is 2.46. The monoisotopic (exact) mass is 253 g/mol. The first-order valence-corrected chi connectivity index (χ1v) is 5.96. The van der Waals surface area contributed by atoms with Gasteiger partial charge in [0.05, 0.1) is 0 Å². The Morgan fingerprint density at radius 1 is 1.47 bits per heavy atom. The third-order valence-electron chi connectivity index (χ3n) is 2.95. The predicted molar refractivity (Wildman–Crippen MR) is 68.5 cm³/mol. The molecule has 0 radical (unpaired) electrons. The third kappa shape index (κ3) is 2.20. The Labute approximate surface area is 105 Å². The molecule has 5 nitrogen and oxygen atoms in total. The zero-order valence-corrected chi connectivity index (χ0v) is 11.2. The molecule has 17 heavy (non-hydrogen) atoms. The van der Waals surface area contributed by atoms with E-state index < -0.39 is 0 Å². The van der Waals surface area contributed by atoms with Gasteiger partial charge in [0, 0.05) is 11.1 Å². The molecule has 0 saturated carbocycles. The lowest BCUT2D eigenvalue weighted by molar-refractivity contribution is 0.541. The molecule has 0 aliphatic heterocycles. The number of fused-ring (bicyclic) bond motifs is 1. The van der Waals surface area contributed by atoms with E-state index in [0.29, 0.717) is 10.9 Å². The van der Waals surface area contributed by atoms with E-state index in [1.165, 1.54) is 6.33 Å². The number of anilines is 1. The Morgan fingerprint density at radius 2 is 2.18 bits per heavy atom. The molecule has 0 fully saturated rings. The first kappa shape index (κ1) is 12.1. The maximum Gasteiger partial charge on any atom is 0.255 e. The van der Waals surface area contributed by atoms with Crippen molar-refractivity contribution < 1.29 is 0 Å². The van der Waals surface area contributed by atoms with E-state index in [1.54, 1.807) is 4.52 Å². The summed E-state index contributed by atoms with van der Waals surface area (Å²) in [6.45, 7) is 8.31. The summed E-state index contributed by atoms with van der Waals surface area (Å²) in [6, 6.07) is 0. The van der Waals surface area contributed by atoms with Gasteiger partial charge in [0.25, 0.3) is 5.78 Å². The zero-order chi connectivity index (χ0) is 12.6. The Balaban J connectivity index is 2.58. The molecule has 0 bridgehead atoms. The fraction of sp³-hybridized carbons (Fsp3) is 0.545. The second-order valence-corrected chi connectivity index (χ2v) is 5.07. The van der Waals surface area contributed by atoms with Gasteiger partial charge in [-0.25, -0.2) is 0 Å². The maximum absolute atomic E-state index is 6.09. The van der Waals surface area contributed by atoms with Gasteiger partial charge < -0.3 is 5.32 Å². The quantitative estimate of drug-likeness (QED) is 0.855. The molecular weight excluding hydrogens is 238 g/mol. The second kappa shape index (κ2) is 4.14. The number of hydrogen-bond donors (Lipinski definition) is 1. The van der Waals surface area contributed by atoms with Crippen molar-refractivity contribution in [1.29, 1.82) is 0 Å². The lowest BCUT2D eigenvalue weighted by Gasteiger charge is -2.27. The fourth-order valence-corrected chi connectivity index (χ4v) is 1.62. The van der Waals surface area contributed by atoms with Gasteiger partial charge in [0.15, 0.2) is 0 Å². The molecule has 0 atom stereocenters. The highest BCUT2D eigenvalue weighted by Crippen LogP contribution is 2.25. The van der Waals surface area contributed by atoms with E-state index in [4.69, 9.17) is 11.6 Å². The number of halogens is 1. The van der Waals surface area contributed by atoms with E-state index in [2.05, 4.69) is 41.2 Å². The Bertz CT molecular complexity index is 546. The van der Waals surface area contributed by atoms with Gasteiger partial charge in [-0.1, -0.05) is 18.5 Å². The molecule has 0 aliphatic rings. The van der Waals surface area contributed by atoms with E-state index >= 15 is 0 Å². The molecule has 0 spiro atoms. The summed E-state index contributed by atoms with van der Waals surface area (Å²) in [5.41, 5.74) is 0.847. The molecule has 0 amide bonds. The molecule has 2 aromatic heterocycles. The van der Waals surface area contributed by atoms with Crippen LogP contribution in [0, 0.1) is 6.92 Å². The van der Waals surface area contributed by atoms with Crippen molar-refractivity contribution in [1.82, 2.24) is 19.6 Å². The fourth-order valence-electron chi connectivity index (χ4n) is 1.45. The number of rotatable bonds is 3. The van der Waals surface area contributed by atoms with Gasteiger partial charge >= 0.3 is 0 Å². The molecule has 92 valence electrons. The molecule has 2 aromatic rings. The van der Waals surface area contributed by atoms with Crippen molar-refractivity contribution in [3.63, 3.8) is 0 Å². The van der Waals surface area contributed by atoms with Crippen LogP contribution in [0.2, 0.25) is 5.15 Å². The SMILES string of the molecule is CCC(C)(C)Nc1c(C)c(Cl)nc2ncnn12. The minimum Gasteiger partial charge on any atom is -0.365 e. The van der Waals surface area contributed by atoms with Crippen LogP contribution in [0.4, 0.5) is 5.82 Å². The zero-order valence-electron chi connectivity index (χ0n) is 10.5. The highest BCUT2D eigenvalue weighted by atomic mass is 35.5. The van der Waals surface area contributed by atoms with Crippen molar-refractivity contribution >= 4 is 23.2 Å². The Morgan fingerprint density at radius 3 is 2.82 bits per heavy atom. The summed E-state index contributed by atoms with van der Waals surface area (Å²) in [4.78, 5) is 8.22. The third-order valence-corrected chi connectivity index (χ3v) is 3.31. The van der Waals surface area contributed by atoms with Gasteiger partial charge in [-0.05, 0) is 27.2 Å². The van der Waals surface area contributed by atoms with Crippen LogP contribution in [-0.4, -0.2) is 25.1 Å². The first-order chi connectivity index (χ1) is 7.94. The minimum absolute atomic E-state index is 0.0334. The topological polar surface area (TPSA) is 55.1 Å². The van der Waals surface area contributed by atoms with E-state index in [-0.39, 0.29) is 5.54 Å². The minimum atomic E-state index is -0.0334. The molecule has 1 N–H and O–H groups in total. The normalized spacial score (nSPS) is 12.1. The summed E-state index contributed by atoms with van der Waals surface area (Å²) in [5.74, 6) is 1.36. The van der Waals surface area contributed by atoms with Crippen molar-refractivity contribution in [2.24, 2.45) is 0 Å². The van der Waals surface area contributed by atoms with Crippen molar-refractivity contribution in [3.05, 3.63) is 17.0 Å². The van der Waals surface area contributed by atoms with E-state index in [9.17, 15) is 0 Å². The predicted octanol–water partition coefficient (Wildman–Crippen LogP) is 2.69. The van der Waals surface area contributed by atoms with Gasteiger partial charge in [-0.2, -0.15) is 19.6 Å². The van der Waals surface area contributed by atoms with Crippen molar-refractivity contribution in [3.8, 4) is 0 Å². The van der Waals surface area contributed by atoms with Gasteiger partial charge in [0.2, 0.25) is 0 Å². The molecule has 2 heterocycles. The average molecular weight is 254 g/mol. The highest BCUT2D eigenvalue weighted by Gasteiger charge is 2.20. The van der Waals surface area contributed by atoms with Crippen LogP contribution in [0.15, 0.2) is 6.33 Å². The van der Waals surface area contributed by atoms with Crippen molar-refractivity contribution in [2.45, 2.75) is 39.7 Å². The molecule has 2 rings (SSSR count). The van der Waals surface area contributed by atoms with E-state index in [0.717, 1.165) is 17.8 Å². The van der Waals surface area contributed by atoms with Crippen LogP contribution in [0.1, 0.15) is 32.8 Å². The molecule has 0 unspecified atom stereocenters. The van der Waals surface area contributed by atoms with Crippen LogP contribution in [0.5, 0.6) is 0 Å². The standard InChI is InChI=1S/C11H16ClN5/c1-5-11(3,4)16-9-7(2)8(12)15-10-13-6-14-17(9)10/h6,16H,5H2,1-4H3. The number of hydrogen-bond acceptors (Lipinski definition) is 4. The molecule has 0 aromatic carbocycles. The Kier molecular flexibility index (Phi) is 2.95. The van der Waals surface area contributed by atoms with Gasteiger partial charge in [-0.3, -0.25) is 0 Å². The van der Waals surface area contributed by atoms with Gasteiger partial charge in [0.1, 0.15) is 17.3 Å². The first-order valence-electron chi connectivity index (χ1n) is 5.58. The number of nitrogens with zero attached hydrogens (tertiary/aromatic N) is 4. The molecule has 6 heteroatoms. The summed E-state index contributed by atoms with van der Waals surface area (Å²) in [7, 11) is 0. The van der Waals surface area contributed by atoms with Crippen LogP contribution >= 0.6 is 11.6 Å². The summed E-state index contributed by atoms with van der Waals surface area (Å²) < 4.78 is 1.68. The molecular formula is C11H16ClN5. The van der Waals surface area contributed by atoms with Crippen LogP contribution in [-0.2, 0) is 0 Å². The van der Waals surface area contributed by atoms with Crippen LogP contribution in [0.25, 0.3) is 5.78 Å². The summed E-state index contributed by atoms with van der Waals surface area (Å²) in [5, 5.41) is 8.06.